The number of amides is 2. The van der Waals surface area contributed by atoms with Crippen molar-refractivity contribution in [3.05, 3.63) is 30.6 Å². The van der Waals surface area contributed by atoms with E-state index >= 15 is 0 Å². The van der Waals surface area contributed by atoms with Gasteiger partial charge in [0.1, 0.15) is 6.33 Å². The summed E-state index contributed by atoms with van der Waals surface area (Å²) in [6.07, 6.45) is 1.63. The minimum atomic E-state index is -0.222. The first kappa shape index (κ1) is 16.5. The molecular formula is C16H20N6O. The highest BCUT2D eigenvalue weighted by molar-refractivity contribution is 5.90. The predicted molar refractivity (Wildman–Crippen MR) is 87.5 cm³/mol. The monoisotopic (exact) mass is 312 g/mol. The summed E-state index contributed by atoms with van der Waals surface area (Å²) in [4.78, 5) is 18.1. The lowest BCUT2D eigenvalue weighted by atomic mass is 10.2. The van der Waals surface area contributed by atoms with Gasteiger partial charge in [0, 0.05) is 31.4 Å². The van der Waals surface area contributed by atoms with Gasteiger partial charge in [0.05, 0.1) is 12.0 Å². The highest BCUT2D eigenvalue weighted by Crippen LogP contribution is 2.19. The molecule has 2 rings (SSSR count). The summed E-state index contributed by atoms with van der Waals surface area (Å²) < 4.78 is 1.63. The molecule has 0 radical (unpaired) electrons. The van der Waals surface area contributed by atoms with Crippen molar-refractivity contribution in [3.8, 4) is 17.5 Å². The Morgan fingerprint density at radius 2 is 2.30 bits per heavy atom. The number of rotatable bonds is 5. The van der Waals surface area contributed by atoms with Crippen LogP contribution in [0.3, 0.4) is 0 Å². The number of aryl methyl sites for hydroxylation is 1. The Kier molecular flexibility index (Phi) is 5.31. The fourth-order valence-electron chi connectivity index (χ4n) is 2.14. The first-order valence-electron chi connectivity index (χ1n) is 7.45. The molecule has 0 bridgehead atoms. The number of hydrogen-bond acceptors (Lipinski definition) is 4. The standard InChI is InChI=1S/C16H20N6O/c1-4-22(10-12(2)9-17)16(23)19-14-7-5-6-13(8-14)15-18-11-21(3)20-15/h5-8,11-12H,4,10H2,1-3H3,(H,19,23)/t12-/m0/s1. The van der Waals surface area contributed by atoms with Gasteiger partial charge in [-0.3, -0.25) is 4.68 Å². The Morgan fingerprint density at radius 3 is 2.91 bits per heavy atom. The van der Waals surface area contributed by atoms with Crippen molar-refractivity contribution in [1.29, 1.82) is 5.26 Å². The molecule has 0 saturated carbocycles. The van der Waals surface area contributed by atoms with Crippen LogP contribution in [-0.2, 0) is 7.05 Å². The molecule has 2 amide bonds. The van der Waals surface area contributed by atoms with Crippen LogP contribution in [0.2, 0.25) is 0 Å². The molecule has 23 heavy (non-hydrogen) atoms. The molecule has 1 atom stereocenters. The number of aromatic nitrogens is 3. The molecule has 2 aromatic rings. The van der Waals surface area contributed by atoms with E-state index in [-0.39, 0.29) is 11.9 Å². The van der Waals surface area contributed by atoms with Gasteiger partial charge in [-0.2, -0.15) is 10.4 Å². The molecule has 0 aliphatic heterocycles. The van der Waals surface area contributed by atoms with Crippen molar-refractivity contribution < 1.29 is 4.79 Å². The molecule has 0 aliphatic rings. The number of carbonyl (C=O) groups is 1. The van der Waals surface area contributed by atoms with Crippen molar-refractivity contribution in [3.63, 3.8) is 0 Å². The zero-order valence-corrected chi connectivity index (χ0v) is 13.5. The molecule has 0 aliphatic carbocycles. The Bertz CT molecular complexity index is 717. The number of anilines is 1. The molecule has 1 aromatic carbocycles. The largest absolute Gasteiger partial charge is 0.324 e. The molecule has 7 heteroatoms. The van der Waals surface area contributed by atoms with Crippen molar-refractivity contribution >= 4 is 11.7 Å². The van der Waals surface area contributed by atoms with Gasteiger partial charge < -0.3 is 10.2 Å². The van der Waals surface area contributed by atoms with Gasteiger partial charge in [0.15, 0.2) is 5.82 Å². The molecule has 0 unspecified atom stereocenters. The Morgan fingerprint density at radius 1 is 1.52 bits per heavy atom. The molecule has 1 aromatic heterocycles. The minimum Gasteiger partial charge on any atom is -0.324 e. The highest BCUT2D eigenvalue weighted by atomic mass is 16.2. The van der Waals surface area contributed by atoms with E-state index in [9.17, 15) is 4.79 Å². The van der Waals surface area contributed by atoms with Gasteiger partial charge in [-0.05, 0) is 26.0 Å². The second-order valence-corrected chi connectivity index (χ2v) is 5.32. The van der Waals surface area contributed by atoms with Crippen LogP contribution in [-0.4, -0.2) is 38.8 Å². The summed E-state index contributed by atoms with van der Waals surface area (Å²) in [5.41, 5.74) is 1.50. The van der Waals surface area contributed by atoms with Crippen LogP contribution < -0.4 is 5.32 Å². The summed E-state index contributed by atoms with van der Waals surface area (Å²) in [5.74, 6) is 0.402. The van der Waals surface area contributed by atoms with Crippen LogP contribution in [0.5, 0.6) is 0 Å². The number of nitrogens with one attached hydrogen (secondary N) is 1. The molecule has 1 heterocycles. The van der Waals surface area contributed by atoms with Crippen molar-refractivity contribution in [2.45, 2.75) is 13.8 Å². The SMILES string of the molecule is CCN(C[C@@H](C)C#N)C(=O)Nc1cccc(-c2ncn(C)n2)c1. The van der Waals surface area contributed by atoms with E-state index in [1.807, 2.05) is 31.2 Å². The van der Waals surface area contributed by atoms with E-state index in [0.29, 0.717) is 24.6 Å². The number of hydrogen-bond donors (Lipinski definition) is 1. The van der Waals surface area contributed by atoms with E-state index in [4.69, 9.17) is 5.26 Å². The lowest BCUT2D eigenvalue weighted by Gasteiger charge is -2.22. The maximum atomic E-state index is 12.3. The third-order valence-corrected chi connectivity index (χ3v) is 3.36. The summed E-state index contributed by atoms with van der Waals surface area (Å²) in [5, 5.41) is 16.0. The summed E-state index contributed by atoms with van der Waals surface area (Å²) in [7, 11) is 1.80. The van der Waals surface area contributed by atoms with Crippen LogP contribution in [0, 0.1) is 17.2 Å². The molecule has 120 valence electrons. The number of benzene rings is 1. The topological polar surface area (TPSA) is 86.8 Å². The lowest BCUT2D eigenvalue weighted by Crippen LogP contribution is -2.37. The average Bonchev–Trinajstić information content (AvgIpc) is 2.99. The fourth-order valence-corrected chi connectivity index (χ4v) is 2.14. The number of urea groups is 1. The Labute approximate surface area is 135 Å². The summed E-state index contributed by atoms with van der Waals surface area (Å²) in [6.45, 7) is 4.63. The summed E-state index contributed by atoms with van der Waals surface area (Å²) >= 11 is 0. The van der Waals surface area contributed by atoms with E-state index in [0.717, 1.165) is 5.56 Å². The lowest BCUT2D eigenvalue weighted by molar-refractivity contribution is 0.210. The first-order chi connectivity index (χ1) is 11.0. The second-order valence-electron chi connectivity index (χ2n) is 5.32. The van der Waals surface area contributed by atoms with Crippen LogP contribution in [0.25, 0.3) is 11.4 Å². The van der Waals surface area contributed by atoms with Crippen molar-refractivity contribution in [2.24, 2.45) is 13.0 Å². The smallest absolute Gasteiger partial charge is 0.321 e. The zero-order chi connectivity index (χ0) is 16.8. The van der Waals surface area contributed by atoms with Gasteiger partial charge in [0.2, 0.25) is 0 Å². The normalized spacial score (nSPS) is 11.6. The molecule has 0 spiro atoms. The number of carbonyl (C=O) groups excluding carboxylic acids is 1. The van der Waals surface area contributed by atoms with Crippen LogP contribution >= 0.6 is 0 Å². The molecular weight excluding hydrogens is 292 g/mol. The highest BCUT2D eigenvalue weighted by Gasteiger charge is 2.15. The van der Waals surface area contributed by atoms with E-state index in [1.54, 1.807) is 29.9 Å². The Hall–Kier alpha value is -2.88. The maximum Gasteiger partial charge on any atom is 0.321 e. The van der Waals surface area contributed by atoms with Crippen molar-refractivity contribution in [2.75, 3.05) is 18.4 Å². The quantitative estimate of drug-likeness (QED) is 0.919. The van der Waals surface area contributed by atoms with Gasteiger partial charge in [0.25, 0.3) is 0 Å². The van der Waals surface area contributed by atoms with Crippen LogP contribution in [0.4, 0.5) is 10.5 Å². The summed E-state index contributed by atoms with van der Waals surface area (Å²) in [6, 6.07) is 9.29. The van der Waals surface area contributed by atoms with Gasteiger partial charge in [-0.15, -0.1) is 0 Å². The number of nitriles is 1. The van der Waals surface area contributed by atoms with Gasteiger partial charge in [-0.25, -0.2) is 9.78 Å². The molecule has 7 nitrogen and oxygen atoms in total. The molecule has 0 fully saturated rings. The Balaban J connectivity index is 2.10. The third-order valence-electron chi connectivity index (χ3n) is 3.36. The van der Waals surface area contributed by atoms with E-state index < -0.39 is 0 Å². The van der Waals surface area contributed by atoms with Gasteiger partial charge in [-0.1, -0.05) is 12.1 Å². The van der Waals surface area contributed by atoms with Crippen LogP contribution in [0.1, 0.15) is 13.8 Å². The fraction of sp³-hybridized carbons (Fsp3) is 0.375. The molecule has 1 N–H and O–H groups in total. The average molecular weight is 312 g/mol. The van der Waals surface area contributed by atoms with E-state index in [2.05, 4.69) is 21.5 Å². The predicted octanol–water partition coefficient (Wildman–Crippen LogP) is 2.50. The zero-order valence-electron chi connectivity index (χ0n) is 13.5. The maximum absolute atomic E-state index is 12.3. The molecule has 0 saturated heterocycles. The van der Waals surface area contributed by atoms with E-state index in [1.165, 1.54) is 0 Å². The number of nitrogens with zero attached hydrogens (tertiary/aromatic N) is 5. The first-order valence-corrected chi connectivity index (χ1v) is 7.45. The van der Waals surface area contributed by atoms with Crippen molar-refractivity contribution in [1.82, 2.24) is 19.7 Å². The third kappa shape index (κ3) is 4.30. The second kappa shape index (κ2) is 7.40. The van der Waals surface area contributed by atoms with Gasteiger partial charge >= 0.3 is 6.03 Å². The minimum absolute atomic E-state index is 0.204. The van der Waals surface area contributed by atoms with Crippen LogP contribution in [0.15, 0.2) is 30.6 Å².